The van der Waals surface area contributed by atoms with Gasteiger partial charge in [0, 0.05) is 20.3 Å². The first kappa shape index (κ1) is 23.3. The van der Waals surface area contributed by atoms with Gasteiger partial charge in [-0.3, -0.25) is 0 Å². The van der Waals surface area contributed by atoms with Crippen LogP contribution in [0.4, 0.5) is 0 Å². The maximum absolute atomic E-state index is 5.74. The summed E-state index contributed by atoms with van der Waals surface area (Å²) in [6.45, 7) is 21.6. The van der Waals surface area contributed by atoms with Gasteiger partial charge in [0.05, 0.1) is 0 Å². The third kappa shape index (κ3) is 5.67. The van der Waals surface area contributed by atoms with Crippen molar-refractivity contribution in [2.75, 3.05) is 27.3 Å². The Morgan fingerprint density at radius 2 is 1.26 bits per heavy atom. The van der Waals surface area contributed by atoms with Gasteiger partial charge in [-0.25, -0.2) is 0 Å². The van der Waals surface area contributed by atoms with E-state index in [1.165, 1.54) is 19.4 Å². The van der Waals surface area contributed by atoms with Crippen molar-refractivity contribution in [1.82, 2.24) is 4.57 Å². The third-order valence-electron chi connectivity index (χ3n) is 5.80. The van der Waals surface area contributed by atoms with Gasteiger partial charge in [-0.2, -0.15) is 0 Å². The lowest BCUT2D eigenvalue weighted by molar-refractivity contribution is 0.243. The fourth-order valence-electron chi connectivity index (χ4n) is 4.57. The molecular weight excluding hydrogens is 318 g/mol. The highest BCUT2D eigenvalue weighted by molar-refractivity contribution is 6.81. The van der Waals surface area contributed by atoms with Gasteiger partial charge < -0.3 is 13.4 Å². The van der Waals surface area contributed by atoms with E-state index in [4.69, 9.17) is 8.85 Å². The maximum atomic E-state index is 5.74. The first-order valence-corrected chi connectivity index (χ1v) is 14.2. The van der Waals surface area contributed by atoms with E-state index in [0.29, 0.717) is 0 Å². The summed E-state index contributed by atoms with van der Waals surface area (Å²) in [5.41, 5.74) is 2.28. The Kier molecular flexibility index (Phi) is 10.5. The molecule has 0 aliphatic heterocycles. The van der Waals surface area contributed by atoms with E-state index in [9.17, 15) is 0 Å². The Morgan fingerprint density at radius 1 is 0.826 bits per heavy atom. The Hall–Kier alpha value is 0.314. The summed E-state index contributed by atoms with van der Waals surface area (Å²) < 4.78 is 14.4. The SMILES string of the molecule is CCCCN(CC[Si](C)(OC)OC)[Si](C(C)C)(C(C)C)C(C)C. The van der Waals surface area contributed by atoms with E-state index in [1.807, 2.05) is 14.2 Å². The third-order valence-corrected chi connectivity index (χ3v) is 15.8. The average molecular weight is 362 g/mol. The zero-order chi connectivity index (χ0) is 18.3. The van der Waals surface area contributed by atoms with E-state index >= 15 is 0 Å². The molecule has 0 radical (unpaired) electrons. The van der Waals surface area contributed by atoms with Crippen LogP contribution in [0.3, 0.4) is 0 Å². The van der Waals surface area contributed by atoms with Crippen molar-refractivity contribution in [3.8, 4) is 0 Å². The molecule has 0 spiro atoms. The monoisotopic (exact) mass is 361 g/mol. The quantitative estimate of drug-likeness (QED) is 0.420. The Bertz CT molecular complexity index is 296. The molecule has 0 atom stereocenters. The molecule has 0 N–H and O–H groups in total. The zero-order valence-corrected chi connectivity index (χ0v) is 19.5. The molecule has 0 aromatic carbocycles. The van der Waals surface area contributed by atoms with Gasteiger partial charge >= 0.3 is 8.56 Å². The average Bonchev–Trinajstić information content (AvgIpc) is 2.48. The van der Waals surface area contributed by atoms with E-state index in [2.05, 4.69) is 59.6 Å². The van der Waals surface area contributed by atoms with Gasteiger partial charge in [0.25, 0.3) is 0 Å². The summed E-state index contributed by atoms with van der Waals surface area (Å²) in [7, 11) is 0.0423. The fourth-order valence-corrected chi connectivity index (χ4v) is 13.3. The van der Waals surface area contributed by atoms with Crippen molar-refractivity contribution >= 4 is 16.8 Å². The molecule has 0 bridgehead atoms. The molecule has 0 saturated carbocycles. The zero-order valence-electron chi connectivity index (χ0n) is 17.5. The minimum absolute atomic E-state index is 0.761. The van der Waals surface area contributed by atoms with Crippen molar-refractivity contribution in [1.29, 1.82) is 0 Å². The van der Waals surface area contributed by atoms with Crippen LogP contribution in [0.5, 0.6) is 0 Å². The van der Waals surface area contributed by atoms with Crippen LogP contribution in [0, 0.1) is 0 Å². The largest absolute Gasteiger partial charge is 0.398 e. The van der Waals surface area contributed by atoms with Gasteiger partial charge in [-0.05, 0) is 42.7 Å². The van der Waals surface area contributed by atoms with Gasteiger partial charge in [-0.15, -0.1) is 0 Å². The molecular formula is C18H43NO2Si2. The predicted octanol–water partition coefficient (Wildman–Crippen LogP) is 5.63. The van der Waals surface area contributed by atoms with Crippen LogP contribution in [-0.4, -0.2) is 48.7 Å². The Balaban J connectivity index is 5.53. The molecule has 0 aliphatic carbocycles. The lowest BCUT2D eigenvalue weighted by atomic mass is 10.3. The second-order valence-corrected chi connectivity index (χ2v) is 17.4. The van der Waals surface area contributed by atoms with E-state index in [-0.39, 0.29) is 0 Å². The molecule has 0 amide bonds. The van der Waals surface area contributed by atoms with Gasteiger partial charge in [0.2, 0.25) is 0 Å². The standard InChI is InChI=1S/C18H43NO2Si2/c1-11-12-13-19(14-15-22(10,20-8)21-9)23(16(2)3,17(4)5)18(6)7/h16-18H,11-15H2,1-10H3. The van der Waals surface area contributed by atoms with Crippen LogP contribution in [0.15, 0.2) is 0 Å². The smallest absolute Gasteiger partial charge is 0.335 e. The number of rotatable bonds is 12. The molecule has 0 aromatic heterocycles. The molecule has 23 heavy (non-hydrogen) atoms. The van der Waals surface area contributed by atoms with E-state index in [0.717, 1.165) is 29.2 Å². The topological polar surface area (TPSA) is 21.7 Å². The van der Waals surface area contributed by atoms with Crippen molar-refractivity contribution < 1.29 is 8.85 Å². The van der Waals surface area contributed by atoms with E-state index in [1.54, 1.807) is 0 Å². The molecule has 5 heteroatoms. The molecule has 0 saturated heterocycles. The molecule has 0 fully saturated rings. The molecule has 0 heterocycles. The minimum atomic E-state index is -2.00. The summed E-state index contributed by atoms with van der Waals surface area (Å²) in [5, 5.41) is 0. The number of hydrogen-bond donors (Lipinski definition) is 0. The maximum Gasteiger partial charge on any atom is 0.335 e. The van der Waals surface area contributed by atoms with Crippen LogP contribution in [0.2, 0.25) is 29.2 Å². The summed E-state index contributed by atoms with van der Waals surface area (Å²) in [6.07, 6.45) is 2.55. The summed E-state index contributed by atoms with van der Waals surface area (Å²) in [5.74, 6) is 0. The second kappa shape index (κ2) is 10.3. The highest BCUT2D eigenvalue weighted by Gasteiger charge is 2.48. The Morgan fingerprint density at radius 3 is 1.57 bits per heavy atom. The highest BCUT2D eigenvalue weighted by atomic mass is 28.4. The summed E-state index contributed by atoms with van der Waals surface area (Å²) in [4.78, 5) is 0. The summed E-state index contributed by atoms with van der Waals surface area (Å²) >= 11 is 0. The second-order valence-electron chi connectivity index (χ2n) is 7.98. The normalized spacial score (nSPS) is 13.8. The lowest BCUT2D eigenvalue weighted by Crippen LogP contribution is -2.61. The van der Waals surface area contributed by atoms with Crippen LogP contribution in [0.25, 0.3) is 0 Å². The van der Waals surface area contributed by atoms with Gasteiger partial charge in [0.1, 0.15) is 8.24 Å². The highest BCUT2D eigenvalue weighted by Crippen LogP contribution is 2.44. The van der Waals surface area contributed by atoms with Gasteiger partial charge in [0.15, 0.2) is 0 Å². The molecule has 0 aliphatic rings. The van der Waals surface area contributed by atoms with Crippen LogP contribution >= 0.6 is 0 Å². The van der Waals surface area contributed by atoms with Crippen LogP contribution < -0.4 is 0 Å². The number of unbranched alkanes of at least 4 members (excludes halogenated alkanes) is 1. The minimum Gasteiger partial charge on any atom is -0.398 e. The predicted molar refractivity (Wildman–Crippen MR) is 108 cm³/mol. The molecule has 0 aromatic rings. The first-order valence-electron chi connectivity index (χ1n) is 9.47. The van der Waals surface area contributed by atoms with E-state index < -0.39 is 16.8 Å². The molecule has 140 valence electrons. The first-order chi connectivity index (χ1) is 10.6. The number of hydrogen-bond acceptors (Lipinski definition) is 3. The molecule has 0 unspecified atom stereocenters. The number of nitrogens with zero attached hydrogens (tertiary/aromatic N) is 1. The van der Waals surface area contributed by atoms with Crippen LogP contribution in [-0.2, 0) is 8.85 Å². The van der Waals surface area contributed by atoms with Crippen molar-refractivity contribution in [2.45, 2.75) is 90.5 Å². The van der Waals surface area contributed by atoms with Crippen LogP contribution in [0.1, 0.15) is 61.3 Å². The molecule has 0 rings (SSSR count). The van der Waals surface area contributed by atoms with Gasteiger partial charge in [-0.1, -0.05) is 54.9 Å². The lowest BCUT2D eigenvalue weighted by Gasteiger charge is -2.51. The van der Waals surface area contributed by atoms with Crippen molar-refractivity contribution in [2.24, 2.45) is 0 Å². The summed E-state index contributed by atoms with van der Waals surface area (Å²) in [6, 6.07) is 1.06. The fraction of sp³-hybridized carbons (Fsp3) is 1.00. The van der Waals surface area contributed by atoms with Crippen molar-refractivity contribution in [3.05, 3.63) is 0 Å². The molecule has 3 nitrogen and oxygen atoms in total. The van der Waals surface area contributed by atoms with Crippen molar-refractivity contribution in [3.63, 3.8) is 0 Å². The Labute approximate surface area is 148 Å².